The van der Waals surface area contributed by atoms with E-state index >= 15 is 0 Å². The number of anilines is 2. The first-order valence-corrected chi connectivity index (χ1v) is 8.42. The molecule has 132 valence electrons. The highest BCUT2D eigenvalue weighted by Gasteiger charge is 2.11. The summed E-state index contributed by atoms with van der Waals surface area (Å²) >= 11 is 0. The van der Waals surface area contributed by atoms with Crippen LogP contribution in [0.4, 0.5) is 11.4 Å². The van der Waals surface area contributed by atoms with Crippen LogP contribution in [-0.4, -0.2) is 31.6 Å². The molecule has 0 bridgehead atoms. The molecule has 0 aliphatic heterocycles. The molecule has 25 heavy (non-hydrogen) atoms. The van der Waals surface area contributed by atoms with Gasteiger partial charge in [0.1, 0.15) is 0 Å². The second-order valence-electron chi connectivity index (χ2n) is 5.70. The first kappa shape index (κ1) is 18.5. The van der Waals surface area contributed by atoms with Gasteiger partial charge < -0.3 is 15.0 Å². The second-order valence-corrected chi connectivity index (χ2v) is 5.70. The van der Waals surface area contributed by atoms with E-state index in [1.54, 1.807) is 31.2 Å². The molecule has 1 N–H and O–H groups in total. The molecule has 0 radical (unpaired) electrons. The van der Waals surface area contributed by atoms with Gasteiger partial charge in [0.15, 0.2) is 0 Å². The number of esters is 1. The van der Waals surface area contributed by atoms with Gasteiger partial charge in [-0.25, -0.2) is 4.79 Å². The van der Waals surface area contributed by atoms with Crippen molar-refractivity contribution in [3.63, 3.8) is 0 Å². The minimum absolute atomic E-state index is 0.104. The number of nitrogens with zero attached hydrogens (tertiary/aromatic N) is 1. The fraction of sp³-hybridized carbons (Fsp3) is 0.300. The molecule has 0 aliphatic carbocycles. The van der Waals surface area contributed by atoms with Gasteiger partial charge in [-0.3, -0.25) is 4.79 Å². The molecule has 0 aromatic heterocycles. The Morgan fingerprint density at radius 3 is 2.40 bits per heavy atom. The van der Waals surface area contributed by atoms with Crippen LogP contribution in [0.3, 0.4) is 0 Å². The first-order valence-electron chi connectivity index (χ1n) is 8.42. The molecule has 0 aliphatic rings. The van der Waals surface area contributed by atoms with E-state index in [-0.39, 0.29) is 18.4 Å². The summed E-state index contributed by atoms with van der Waals surface area (Å²) in [6.45, 7) is 7.15. The predicted molar refractivity (Wildman–Crippen MR) is 100 cm³/mol. The molecule has 0 heterocycles. The number of benzene rings is 2. The van der Waals surface area contributed by atoms with E-state index in [4.69, 9.17) is 4.74 Å². The quantitative estimate of drug-likeness (QED) is 0.782. The fourth-order valence-electron chi connectivity index (χ4n) is 2.49. The average Bonchev–Trinajstić information content (AvgIpc) is 2.60. The number of ether oxygens (including phenoxy) is 1. The Kier molecular flexibility index (Phi) is 6.57. The molecular formula is C20H24N2O3. The zero-order chi connectivity index (χ0) is 18.2. The summed E-state index contributed by atoms with van der Waals surface area (Å²) in [4.78, 5) is 26.0. The zero-order valence-corrected chi connectivity index (χ0v) is 14.9. The van der Waals surface area contributed by atoms with Gasteiger partial charge in [-0.1, -0.05) is 12.1 Å². The number of aryl methyl sites for hydroxylation is 1. The topological polar surface area (TPSA) is 58.6 Å². The van der Waals surface area contributed by atoms with Crippen molar-refractivity contribution in [3.8, 4) is 0 Å². The lowest BCUT2D eigenvalue weighted by Gasteiger charge is -2.23. The fourth-order valence-corrected chi connectivity index (χ4v) is 2.49. The standard InChI is InChI=1S/C20H24N2O3/c1-4-22(18-8-6-7-15(3)13-18)14-19(23)21-17-11-9-16(10-12-17)20(24)25-5-2/h6-13H,4-5,14H2,1-3H3,(H,21,23). The number of carbonyl (C=O) groups excluding carboxylic acids is 2. The number of amides is 1. The third kappa shape index (κ3) is 5.35. The van der Waals surface area contributed by atoms with Crippen LogP contribution in [0.25, 0.3) is 0 Å². The highest BCUT2D eigenvalue weighted by atomic mass is 16.5. The molecule has 0 atom stereocenters. The van der Waals surface area contributed by atoms with Gasteiger partial charge in [0.05, 0.1) is 18.7 Å². The number of hydrogen-bond donors (Lipinski definition) is 1. The summed E-state index contributed by atoms with van der Waals surface area (Å²) in [5.74, 6) is -0.468. The zero-order valence-electron chi connectivity index (χ0n) is 14.9. The summed E-state index contributed by atoms with van der Waals surface area (Å²) in [5, 5.41) is 2.86. The SMILES string of the molecule is CCOC(=O)c1ccc(NC(=O)CN(CC)c2cccc(C)c2)cc1. The number of likely N-dealkylation sites (N-methyl/N-ethyl adjacent to an activating group) is 1. The minimum Gasteiger partial charge on any atom is -0.462 e. The first-order chi connectivity index (χ1) is 12.0. The van der Waals surface area contributed by atoms with Gasteiger partial charge in [-0.2, -0.15) is 0 Å². The molecule has 0 unspecified atom stereocenters. The third-order valence-corrected chi connectivity index (χ3v) is 3.76. The summed E-state index contributed by atoms with van der Waals surface area (Å²) in [6.07, 6.45) is 0. The lowest BCUT2D eigenvalue weighted by molar-refractivity contribution is -0.115. The Bertz CT molecular complexity index is 726. The van der Waals surface area contributed by atoms with Crippen molar-refractivity contribution in [1.82, 2.24) is 0 Å². The van der Waals surface area contributed by atoms with Crippen LogP contribution in [-0.2, 0) is 9.53 Å². The molecule has 5 heteroatoms. The van der Waals surface area contributed by atoms with Crippen molar-refractivity contribution in [2.75, 3.05) is 29.9 Å². The van der Waals surface area contributed by atoms with E-state index < -0.39 is 0 Å². The second kappa shape index (κ2) is 8.87. The molecule has 1 amide bonds. The Balaban J connectivity index is 1.98. The third-order valence-electron chi connectivity index (χ3n) is 3.76. The van der Waals surface area contributed by atoms with Gasteiger partial charge in [-0.15, -0.1) is 0 Å². The van der Waals surface area contributed by atoms with Crippen LogP contribution >= 0.6 is 0 Å². The maximum atomic E-state index is 12.3. The predicted octanol–water partition coefficient (Wildman–Crippen LogP) is 3.64. The molecule has 0 saturated heterocycles. The normalized spacial score (nSPS) is 10.2. The van der Waals surface area contributed by atoms with Crippen LogP contribution in [0.15, 0.2) is 48.5 Å². The van der Waals surface area contributed by atoms with E-state index in [1.807, 2.05) is 36.9 Å². The summed E-state index contributed by atoms with van der Waals surface area (Å²) in [5.41, 5.74) is 3.30. The van der Waals surface area contributed by atoms with E-state index in [9.17, 15) is 9.59 Å². The molecule has 0 fully saturated rings. The minimum atomic E-state index is -0.364. The van der Waals surface area contributed by atoms with E-state index in [0.717, 1.165) is 17.8 Å². The summed E-state index contributed by atoms with van der Waals surface area (Å²) < 4.78 is 4.94. The highest BCUT2D eigenvalue weighted by Crippen LogP contribution is 2.16. The molecule has 2 rings (SSSR count). The Morgan fingerprint density at radius 1 is 1.08 bits per heavy atom. The van der Waals surface area contributed by atoms with Gasteiger partial charge in [0, 0.05) is 17.9 Å². The number of nitrogens with one attached hydrogen (secondary N) is 1. The van der Waals surface area contributed by atoms with Crippen molar-refractivity contribution >= 4 is 23.3 Å². The van der Waals surface area contributed by atoms with E-state index in [2.05, 4.69) is 11.4 Å². The maximum absolute atomic E-state index is 12.3. The van der Waals surface area contributed by atoms with Crippen LogP contribution in [0.5, 0.6) is 0 Å². The molecule has 2 aromatic rings. The van der Waals surface area contributed by atoms with Crippen molar-refractivity contribution < 1.29 is 14.3 Å². The largest absolute Gasteiger partial charge is 0.462 e. The van der Waals surface area contributed by atoms with E-state index in [0.29, 0.717) is 17.9 Å². The van der Waals surface area contributed by atoms with Crippen LogP contribution in [0.1, 0.15) is 29.8 Å². The Hall–Kier alpha value is -2.82. The Morgan fingerprint density at radius 2 is 1.80 bits per heavy atom. The lowest BCUT2D eigenvalue weighted by Crippen LogP contribution is -2.33. The lowest BCUT2D eigenvalue weighted by atomic mass is 10.2. The van der Waals surface area contributed by atoms with Crippen LogP contribution < -0.4 is 10.2 Å². The van der Waals surface area contributed by atoms with Crippen LogP contribution in [0.2, 0.25) is 0 Å². The van der Waals surface area contributed by atoms with Gasteiger partial charge in [-0.05, 0) is 62.7 Å². The van der Waals surface area contributed by atoms with Crippen molar-refractivity contribution in [3.05, 3.63) is 59.7 Å². The molecule has 0 spiro atoms. The van der Waals surface area contributed by atoms with Crippen molar-refractivity contribution in [2.24, 2.45) is 0 Å². The van der Waals surface area contributed by atoms with E-state index in [1.165, 1.54) is 0 Å². The summed E-state index contributed by atoms with van der Waals surface area (Å²) in [7, 11) is 0. The number of carbonyl (C=O) groups is 2. The average molecular weight is 340 g/mol. The maximum Gasteiger partial charge on any atom is 0.338 e. The number of hydrogen-bond acceptors (Lipinski definition) is 4. The van der Waals surface area contributed by atoms with Gasteiger partial charge in [0.2, 0.25) is 5.91 Å². The number of rotatable bonds is 7. The molecule has 5 nitrogen and oxygen atoms in total. The Labute approximate surface area is 148 Å². The van der Waals surface area contributed by atoms with Crippen molar-refractivity contribution in [1.29, 1.82) is 0 Å². The van der Waals surface area contributed by atoms with Crippen LogP contribution in [0, 0.1) is 6.92 Å². The van der Waals surface area contributed by atoms with Crippen molar-refractivity contribution in [2.45, 2.75) is 20.8 Å². The molecule has 2 aromatic carbocycles. The van der Waals surface area contributed by atoms with Gasteiger partial charge >= 0.3 is 5.97 Å². The monoisotopic (exact) mass is 340 g/mol. The summed E-state index contributed by atoms with van der Waals surface area (Å²) in [6, 6.07) is 14.8. The molecular weight excluding hydrogens is 316 g/mol. The van der Waals surface area contributed by atoms with Gasteiger partial charge in [0.25, 0.3) is 0 Å². The smallest absolute Gasteiger partial charge is 0.338 e. The molecule has 0 saturated carbocycles. The highest BCUT2D eigenvalue weighted by molar-refractivity contribution is 5.95.